The van der Waals surface area contributed by atoms with Gasteiger partial charge < -0.3 is 20.5 Å². The van der Waals surface area contributed by atoms with Crippen molar-refractivity contribution in [3.05, 3.63) is 0 Å². The highest BCUT2D eigenvalue weighted by atomic mass is 16.5. The van der Waals surface area contributed by atoms with Crippen LogP contribution in [0.4, 0.5) is 0 Å². The summed E-state index contributed by atoms with van der Waals surface area (Å²) in [6, 6.07) is -0.495. The molecule has 0 aliphatic rings. The van der Waals surface area contributed by atoms with Gasteiger partial charge in [0.1, 0.15) is 0 Å². The summed E-state index contributed by atoms with van der Waals surface area (Å²) in [6.07, 6.45) is 0.537. The highest BCUT2D eigenvalue weighted by Gasteiger charge is 2.11. The zero-order chi connectivity index (χ0) is 12.4. The van der Waals surface area contributed by atoms with Crippen molar-refractivity contribution in [3.63, 3.8) is 0 Å². The van der Waals surface area contributed by atoms with Crippen LogP contribution in [0.25, 0.3) is 0 Å². The fraction of sp³-hybridized carbons (Fsp3) is 0.909. The van der Waals surface area contributed by atoms with E-state index in [-0.39, 0.29) is 5.91 Å². The van der Waals surface area contributed by atoms with Crippen LogP contribution in [0.2, 0.25) is 0 Å². The third kappa shape index (κ3) is 8.64. The van der Waals surface area contributed by atoms with Crippen LogP contribution in [0.3, 0.4) is 0 Å². The van der Waals surface area contributed by atoms with Crippen molar-refractivity contribution in [2.24, 2.45) is 11.7 Å². The second kappa shape index (κ2) is 9.57. The standard InChI is InChI=1S/C11H24N2O3/c1-9(2)8-16-7-5-13-11(14)10(12)4-6-15-3/h9-10H,4-8,12H2,1-3H3,(H,13,14). The number of amides is 1. The molecule has 0 fully saturated rings. The molecule has 0 aromatic heterocycles. The molecule has 0 aliphatic heterocycles. The monoisotopic (exact) mass is 232 g/mol. The molecule has 5 heteroatoms. The first-order valence-corrected chi connectivity index (χ1v) is 5.68. The summed E-state index contributed by atoms with van der Waals surface area (Å²) < 4.78 is 10.2. The van der Waals surface area contributed by atoms with E-state index in [1.54, 1.807) is 7.11 Å². The highest BCUT2D eigenvalue weighted by molar-refractivity contribution is 5.81. The summed E-state index contributed by atoms with van der Waals surface area (Å²) in [5, 5.41) is 2.72. The van der Waals surface area contributed by atoms with Crippen LogP contribution in [0.15, 0.2) is 0 Å². The minimum Gasteiger partial charge on any atom is -0.385 e. The number of methoxy groups -OCH3 is 1. The van der Waals surface area contributed by atoms with Crippen molar-refractivity contribution in [1.82, 2.24) is 5.32 Å². The molecular formula is C11H24N2O3. The van der Waals surface area contributed by atoms with Crippen molar-refractivity contribution in [1.29, 1.82) is 0 Å². The van der Waals surface area contributed by atoms with Crippen molar-refractivity contribution >= 4 is 5.91 Å². The number of ether oxygens (including phenoxy) is 2. The molecule has 16 heavy (non-hydrogen) atoms. The normalized spacial score (nSPS) is 12.8. The van der Waals surface area contributed by atoms with Crippen LogP contribution >= 0.6 is 0 Å². The van der Waals surface area contributed by atoms with E-state index in [0.29, 0.717) is 38.7 Å². The zero-order valence-electron chi connectivity index (χ0n) is 10.5. The summed E-state index contributed by atoms with van der Waals surface area (Å²) in [6.45, 7) is 6.41. The summed E-state index contributed by atoms with van der Waals surface area (Å²) in [7, 11) is 1.59. The van der Waals surface area contributed by atoms with Gasteiger partial charge in [-0.1, -0.05) is 13.8 Å². The fourth-order valence-corrected chi connectivity index (χ4v) is 1.07. The zero-order valence-corrected chi connectivity index (χ0v) is 10.5. The Hall–Kier alpha value is -0.650. The van der Waals surface area contributed by atoms with Gasteiger partial charge in [0.25, 0.3) is 0 Å². The SMILES string of the molecule is COCCC(N)C(=O)NCCOCC(C)C. The lowest BCUT2D eigenvalue weighted by molar-refractivity contribution is -0.123. The van der Waals surface area contributed by atoms with E-state index in [2.05, 4.69) is 19.2 Å². The van der Waals surface area contributed by atoms with Crippen molar-refractivity contribution < 1.29 is 14.3 Å². The molecule has 0 saturated carbocycles. The Kier molecular flexibility index (Phi) is 9.18. The van der Waals surface area contributed by atoms with E-state index in [9.17, 15) is 4.79 Å². The molecule has 5 nitrogen and oxygen atoms in total. The van der Waals surface area contributed by atoms with E-state index < -0.39 is 6.04 Å². The first-order chi connectivity index (χ1) is 7.57. The molecule has 0 aromatic carbocycles. The Labute approximate surface area is 97.7 Å². The predicted octanol–water partition coefficient (Wildman–Crippen LogP) is 0.139. The maximum absolute atomic E-state index is 11.4. The van der Waals surface area contributed by atoms with E-state index >= 15 is 0 Å². The third-order valence-electron chi connectivity index (χ3n) is 1.97. The van der Waals surface area contributed by atoms with Crippen LogP contribution in [-0.2, 0) is 14.3 Å². The molecule has 0 radical (unpaired) electrons. The molecule has 3 N–H and O–H groups in total. The number of carbonyl (C=O) groups excluding carboxylic acids is 1. The third-order valence-corrected chi connectivity index (χ3v) is 1.97. The fourth-order valence-electron chi connectivity index (χ4n) is 1.07. The summed E-state index contributed by atoms with van der Waals surface area (Å²) in [4.78, 5) is 11.4. The van der Waals surface area contributed by atoms with Gasteiger partial charge in [0.05, 0.1) is 12.6 Å². The van der Waals surface area contributed by atoms with E-state index in [0.717, 1.165) is 0 Å². The van der Waals surface area contributed by atoms with Gasteiger partial charge in [-0.2, -0.15) is 0 Å². The Morgan fingerprint density at radius 2 is 2.06 bits per heavy atom. The maximum atomic E-state index is 11.4. The minimum absolute atomic E-state index is 0.148. The molecular weight excluding hydrogens is 208 g/mol. The highest BCUT2D eigenvalue weighted by Crippen LogP contribution is 1.92. The van der Waals surface area contributed by atoms with Crippen molar-refractivity contribution in [3.8, 4) is 0 Å². The molecule has 0 aromatic rings. The van der Waals surface area contributed by atoms with Gasteiger partial charge in [-0.3, -0.25) is 4.79 Å². The second-order valence-corrected chi connectivity index (χ2v) is 4.15. The van der Waals surface area contributed by atoms with Crippen LogP contribution in [0.5, 0.6) is 0 Å². The smallest absolute Gasteiger partial charge is 0.237 e. The van der Waals surface area contributed by atoms with Gasteiger partial charge in [0.15, 0.2) is 0 Å². The molecule has 1 atom stereocenters. The van der Waals surface area contributed by atoms with Crippen molar-refractivity contribution in [2.45, 2.75) is 26.3 Å². The first kappa shape index (κ1) is 15.3. The average Bonchev–Trinajstić information content (AvgIpc) is 2.24. The topological polar surface area (TPSA) is 73.6 Å². The molecule has 96 valence electrons. The number of carbonyl (C=O) groups is 1. The molecule has 0 bridgehead atoms. The molecule has 1 amide bonds. The van der Waals surface area contributed by atoms with E-state index in [1.165, 1.54) is 0 Å². The predicted molar refractivity (Wildman–Crippen MR) is 63.1 cm³/mol. The van der Waals surface area contributed by atoms with Crippen LogP contribution in [0, 0.1) is 5.92 Å². The number of nitrogens with two attached hydrogens (primary N) is 1. The van der Waals surface area contributed by atoms with Gasteiger partial charge in [0, 0.05) is 26.9 Å². The lowest BCUT2D eigenvalue weighted by Gasteiger charge is -2.12. The molecule has 0 rings (SSSR count). The van der Waals surface area contributed by atoms with Crippen molar-refractivity contribution in [2.75, 3.05) is 33.5 Å². The van der Waals surface area contributed by atoms with Crippen LogP contribution < -0.4 is 11.1 Å². The Morgan fingerprint density at radius 3 is 2.62 bits per heavy atom. The summed E-state index contributed by atoms with van der Waals surface area (Å²) >= 11 is 0. The molecule has 0 saturated heterocycles. The number of hydrogen-bond acceptors (Lipinski definition) is 4. The van der Waals surface area contributed by atoms with Crippen LogP contribution in [-0.4, -0.2) is 45.4 Å². The van der Waals surface area contributed by atoms with Gasteiger partial charge in [0.2, 0.25) is 5.91 Å². The Balaban J connectivity index is 3.42. The second-order valence-electron chi connectivity index (χ2n) is 4.15. The molecule has 0 aliphatic carbocycles. The minimum atomic E-state index is -0.495. The quantitative estimate of drug-likeness (QED) is 0.555. The molecule has 0 spiro atoms. The summed E-state index contributed by atoms with van der Waals surface area (Å²) in [5.74, 6) is 0.366. The maximum Gasteiger partial charge on any atom is 0.237 e. The average molecular weight is 232 g/mol. The molecule has 1 unspecified atom stereocenters. The summed E-state index contributed by atoms with van der Waals surface area (Å²) in [5.41, 5.74) is 5.63. The number of nitrogens with one attached hydrogen (secondary N) is 1. The molecule has 0 heterocycles. The number of rotatable bonds is 9. The largest absolute Gasteiger partial charge is 0.385 e. The van der Waals surface area contributed by atoms with Gasteiger partial charge in [-0.25, -0.2) is 0 Å². The lowest BCUT2D eigenvalue weighted by Crippen LogP contribution is -2.42. The van der Waals surface area contributed by atoms with Crippen LogP contribution in [0.1, 0.15) is 20.3 Å². The Morgan fingerprint density at radius 1 is 1.38 bits per heavy atom. The number of hydrogen-bond donors (Lipinski definition) is 2. The van der Waals surface area contributed by atoms with Gasteiger partial charge >= 0.3 is 0 Å². The lowest BCUT2D eigenvalue weighted by atomic mass is 10.2. The van der Waals surface area contributed by atoms with E-state index in [1.807, 2.05) is 0 Å². The van der Waals surface area contributed by atoms with Gasteiger partial charge in [-0.15, -0.1) is 0 Å². The Bertz CT molecular complexity index is 186. The van der Waals surface area contributed by atoms with E-state index in [4.69, 9.17) is 15.2 Å². The van der Waals surface area contributed by atoms with Gasteiger partial charge in [-0.05, 0) is 12.3 Å². The first-order valence-electron chi connectivity index (χ1n) is 5.68.